The Kier molecular flexibility index (Phi) is 5.15. The van der Waals surface area contributed by atoms with E-state index >= 15 is 0 Å². The number of aromatic hydroxyl groups is 1. The van der Waals surface area contributed by atoms with Crippen molar-refractivity contribution in [1.29, 1.82) is 5.26 Å². The minimum absolute atomic E-state index is 0.00348. The molecule has 33 heavy (non-hydrogen) atoms. The van der Waals surface area contributed by atoms with Crippen LogP contribution < -0.4 is 10.2 Å². The highest BCUT2D eigenvalue weighted by molar-refractivity contribution is 5.89. The number of anilines is 1. The molecule has 2 atom stereocenters. The van der Waals surface area contributed by atoms with Crippen LogP contribution in [0.3, 0.4) is 0 Å². The fraction of sp³-hybridized carbons (Fsp3) is 0.292. The van der Waals surface area contributed by atoms with Crippen molar-refractivity contribution < 1.29 is 5.11 Å². The van der Waals surface area contributed by atoms with Crippen LogP contribution in [0.2, 0.25) is 0 Å². The maximum Gasteiger partial charge on any atom is 0.151 e. The molecule has 0 amide bonds. The lowest BCUT2D eigenvalue weighted by Crippen LogP contribution is -2.54. The highest BCUT2D eigenvalue weighted by atomic mass is 16.3. The van der Waals surface area contributed by atoms with Crippen LogP contribution in [0.5, 0.6) is 5.75 Å². The van der Waals surface area contributed by atoms with Gasteiger partial charge in [0.15, 0.2) is 5.82 Å². The second kappa shape index (κ2) is 8.15. The lowest BCUT2D eigenvalue weighted by Gasteiger charge is -2.36. The molecule has 0 spiro atoms. The van der Waals surface area contributed by atoms with Crippen LogP contribution in [0.15, 0.2) is 42.7 Å². The van der Waals surface area contributed by atoms with Crippen LogP contribution in [-0.4, -0.2) is 55.2 Å². The van der Waals surface area contributed by atoms with E-state index < -0.39 is 0 Å². The highest BCUT2D eigenvalue weighted by Gasteiger charge is 2.22. The van der Waals surface area contributed by atoms with Gasteiger partial charge in [-0.25, -0.2) is 4.98 Å². The van der Waals surface area contributed by atoms with Gasteiger partial charge in [0, 0.05) is 55.6 Å². The summed E-state index contributed by atoms with van der Waals surface area (Å²) in [5, 5.41) is 37.6. The molecule has 5 rings (SSSR count). The van der Waals surface area contributed by atoms with E-state index in [4.69, 9.17) is 0 Å². The van der Waals surface area contributed by atoms with E-state index in [1.807, 2.05) is 31.4 Å². The van der Waals surface area contributed by atoms with Crippen LogP contribution in [0.4, 0.5) is 5.82 Å². The highest BCUT2D eigenvalue weighted by Crippen LogP contribution is 2.32. The van der Waals surface area contributed by atoms with Gasteiger partial charge in [0.2, 0.25) is 0 Å². The summed E-state index contributed by atoms with van der Waals surface area (Å²) in [7, 11) is 1.82. The number of pyridine rings is 1. The topological polar surface area (TPSA) is 116 Å². The first-order valence-electron chi connectivity index (χ1n) is 10.8. The number of piperazine rings is 1. The summed E-state index contributed by atoms with van der Waals surface area (Å²) in [5.41, 5.74) is 3.48. The lowest BCUT2D eigenvalue weighted by molar-refractivity contribution is 0.404. The monoisotopic (exact) mass is 440 g/mol. The average Bonchev–Trinajstić information content (AvgIpc) is 3.18. The van der Waals surface area contributed by atoms with Gasteiger partial charge in [-0.05, 0) is 49.7 Å². The van der Waals surface area contributed by atoms with E-state index in [2.05, 4.69) is 50.4 Å². The number of aromatic nitrogens is 5. The number of rotatable bonds is 3. The molecule has 1 fully saturated rings. The molecular weight excluding hydrogens is 416 g/mol. The number of benzene rings is 1. The number of hydrogen-bond acceptors (Lipinski definition) is 8. The molecule has 4 aromatic rings. The van der Waals surface area contributed by atoms with Gasteiger partial charge < -0.3 is 15.3 Å². The Bertz CT molecular complexity index is 1360. The molecule has 9 nitrogen and oxygen atoms in total. The molecule has 0 aliphatic carbocycles. The van der Waals surface area contributed by atoms with Crippen LogP contribution >= 0.6 is 0 Å². The molecule has 0 radical (unpaired) electrons. The second-order valence-corrected chi connectivity index (χ2v) is 8.62. The Labute approximate surface area is 191 Å². The van der Waals surface area contributed by atoms with Crippen molar-refractivity contribution >= 4 is 16.7 Å². The van der Waals surface area contributed by atoms with Crippen molar-refractivity contribution in [2.45, 2.75) is 25.9 Å². The van der Waals surface area contributed by atoms with E-state index in [0.29, 0.717) is 40.1 Å². The maximum absolute atomic E-state index is 10.7. The molecule has 1 aliphatic rings. The first-order valence-corrected chi connectivity index (χ1v) is 10.8. The minimum atomic E-state index is 0.00348. The molecule has 9 heteroatoms. The third-order valence-electron chi connectivity index (χ3n) is 5.82. The summed E-state index contributed by atoms with van der Waals surface area (Å²) in [4.78, 5) is 6.66. The van der Waals surface area contributed by atoms with Crippen LogP contribution in [0.1, 0.15) is 19.4 Å². The molecule has 166 valence electrons. The van der Waals surface area contributed by atoms with E-state index in [9.17, 15) is 10.4 Å². The van der Waals surface area contributed by atoms with Crippen molar-refractivity contribution in [2.75, 3.05) is 18.0 Å². The third-order valence-corrected chi connectivity index (χ3v) is 5.82. The van der Waals surface area contributed by atoms with Crippen molar-refractivity contribution in [3.8, 4) is 34.3 Å². The fourth-order valence-corrected chi connectivity index (χ4v) is 4.45. The van der Waals surface area contributed by atoms with Crippen LogP contribution in [-0.2, 0) is 7.05 Å². The predicted molar refractivity (Wildman–Crippen MR) is 126 cm³/mol. The predicted octanol–water partition coefficient (Wildman–Crippen LogP) is 2.86. The first kappa shape index (κ1) is 20.8. The van der Waals surface area contributed by atoms with Crippen molar-refractivity contribution in [3.05, 3.63) is 48.3 Å². The van der Waals surface area contributed by atoms with Gasteiger partial charge in [0.1, 0.15) is 28.7 Å². The number of nitrogens with one attached hydrogen (secondary N) is 1. The second-order valence-electron chi connectivity index (χ2n) is 8.62. The van der Waals surface area contributed by atoms with E-state index in [1.165, 1.54) is 0 Å². The van der Waals surface area contributed by atoms with E-state index in [-0.39, 0.29) is 5.75 Å². The summed E-state index contributed by atoms with van der Waals surface area (Å²) < 4.78 is 1.68. The Morgan fingerprint density at radius 1 is 1.09 bits per heavy atom. The zero-order valence-electron chi connectivity index (χ0n) is 18.7. The van der Waals surface area contributed by atoms with Crippen molar-refractivity contribution in [3.63, 3.8) is 0 Å². The Morgan fingerprint density at radius 2 is 1.88 bits per heavy atom. The largest absolute Gasteiger partial charge is 0.506 e. The SMILES string of the molecule is C[C@@H]1CN(c2ccc(-c3ncc(-c4cc(C#N)c5nn(C)cc5c4)cc3O)nn2)C[C@H](C)N1. The van der Waals surface area contributed by atoms with Gasteiger partial charge >= 0.3 is 0 Å². The number of hydrogen-bond donors (Lipinski definition) is 2. The number of nitrogens with zero attached hydrogens (tertiary/aromatic N) is 7. The van der Waals surface area contributed by atoms with E-state index in [1.54, 1.807) is 23.0 Å². The van der Waals surface area contributed by atoms with Gasteiger partial charge in [-0.3, -0.25) is 4.68 Å². The minimum Gasteiger partial charge on any atom is -0.506 e. The third kappa shape index (κ3) is 3.97. The average molecular weight is 441 g/mol. The van der Waals surface area contributed by atoms with E-state index in [0.717, 1.165) is 29.9 Å². The lowest BCUT2D eigenvalue weighted by atomic mass is 10.0. The van der Waals surface area contributed by atoms with Gasteiger partial charge in [0.25, 0.3) is 0 Å². The zero-order chi connectivity index (χ0) is 23.1. The van der Waals surface area contributed by atoms with Crippen LogP contribution in [0, 0.1) is 11.3 Å². The summed E-state index contributed by atoms with van der Waals surface area (Å²) in [6, 6.07) is 12.0. The fourth-order valence-electron chi connectivity index (χ4n) is 4.45. The maximum atomic E-state index is 10.7. The summed E-state index contributed by atoms with van der Waals surface area (Å²) in [6.07, 6.45) is 3.53. The molecule has 2 N–H and O–H groups in total. The quantitative estimate of drug-likeness (QED) is 0.500. The molecule has 0 bridgehead atoms. The van der Waals surface area contributed by atoms with Gasteiger partial charge in [0.05, 0.1) is 5.56 Å². The number of aryl methyl sites for hydroxylation is 1. The molecular formula is C24H24N8O. The zero-order valence-corrected chi connectivity index (χ0v) is 18.7. The summed E-state index contributed by atoms with van der Waals surface area (Å²) in [5.74, 6) is 0.813. The molecule has 0 saturated carbocycles. The standard InChI is InChI=1S/C24H24N8O/c1-14-11-32(12-15(2)27-14)22-5-4-20(28-29-22)24-21(33)8-18(10-26-24)16-6-17(9-25)23-19(7-16)13-31(3)30-23/h4-8,10,13-15,27,33H,11-12H2,1-3H3/t14-,15+. The number of nitriles is 1. The van der Waals surface area contributed by atoms with Crippen molar-refractivity contribution in [1.82, 2.24) is 30.3 Å². The van der Waals surface area contributed by atoms with Crippen LogP contribution in [0.25, 0.3) is 33.4 Å². The molecule has 1 aromatic carbocycles. The smallest absolute Gasteiger partial charge is 0.151 e. The molecule has 3 aromatic heterocycles. The number of fused-ring (bicyclic) bond motifs is 1. The van der Waals surface area contributed by atoms with Gasteiger partial charge in [-0.1, -0.05) is 0 Å². The molecule has 1 saturated heterocycles. The normalized spacial score (nSPS) is 18.4. The van der Waals surface area contributed by atoms with Gasteiger partial charge in [-0.15, -0.1) is 10.2 Å². The first-order chi connectivity index (χ1) is 15.9. The molecule has 0 unspecified atom stereocenters. The molecule has 1 aliphatic heterocycles. The Hall–Kier alpha value is -4.03. The summed E-state index contributed by atoms with van der Waals surface area (Å²) >= 11 is 0. The van der Waals surface area contributed by atoms with Gasteiger partial charge in [-0.2, -0.15) is 10.4 Å². The Morgan fingerprint density at radius 3 is 2.55 bits per heavy atom. The van der Waals surface area contributed by atoms with Crippen molar-refractivity contribution in [2.24, 2.45) is 7.05 Å². The Balaban J connectivity index is 1.44. The summed E-state index contributed by atoms with van der Waals surface area (Å²) in [6.45, 7) is 6.03. The molecule has 4 heterocycles.